The molecule has 0 spiro atoms. The molecule has 0 aromatic heterocycles. The summed E-state index contributed by atoms with van der Waals surface area (Å²) in [6.07, 6.45) is 1.22. The second-order valence-electron chi connectivity index (χ2n) is 4.12. The molecule has 1 aliphatic heterocycles. The summed E-state index contributed by atoms with van der Waals surface area (Å²) in [5.74, 6) is 0.579. The predicted molar refractivity (Wildman–Crippen MR) is 64.3 cm³/mol. The molecule has 4 nitrogen and oxygen atoms in total. The first kappa shape index (κ1) is 12.1. The lowest BCUT2D eigenvalue weighted by Gasteiger charge is -2.13. The van der Waals surface area contributed by atoms with E-state index in [1.165, 1.54) is 0 Å². The molecule has 2 N–H and O–H groups in total. The molecule has 2 unspecified atom stereocenters. The highest BCUT2D eigenvalue weighted by atomic mass is 16.5. The van der Waals surface area contributed by atoms with Crippen LogP contribution in [0.25, 0.3) is 0 Å². The normalized spacial score (nSPS) is 23.6. The summed E-state index contributed by atoms with van der Waals surface area (Å²) in [5, 5.41) is 0. The van der Waals surface area contributed by atoms with Gasteiger partial charge in [0.2, 0.25) is 0 Å². The molecular weight excluding hydrogens is 218 g/mol. The van der Waals surface area contributed by atoms with Crippen LogP contribution in [0.15, 0.2) is 24.3 Å². The van der Waals surface area contributed by atoms with E-state index < -0.39 is 0 Å². The molecule has 1 aliphatic rings. The largest absolute Gasteiger partial charge is 0.496 e. The van der Waals surface area contributed by atoms with Gasteiger partial charge in [0.1, 0.15) is 11.9 Å². The number of para-hydroxylation sites is 1. The summed E-state index contributed by atoms with van der Waals surface area (Å²) in [7, 11) is 1.56. The number of rotatable bonds is 4. The Kier molecular flexibility index (Phi) is 3.76. The van der Waals surface area contributed by atoms with Gasteiger partial charge < -0.3 is 15.2 Å². The summed E-state index contributed by atoms with van der Waals surface area (Å²) in [5.41, 5.74) is 6.11. The molecule has 2 rings (SSSR count). The van der Waals surface area contributed by atoms with E-state index >= 15 is 0 Å². The summed E-state index contributed by atoms with van der Waals surface area (Å²) in [6.45, 7) is 0.468. The molecule has 2 atom stereocenters. The van der Waals surface area contributed by atoms with Crippen LogP contribution >= 0.6 is 0 Å². The van der Waals surface area contributed by atoms with Gasteiger partial charge in [-0.3, -0.25) is 4.79 Å². The Morgan fingerprint density at radius 1 is 1.47 bits per heavy atom. The van der Waals surface area contributed by atoms with Gasteiger partial charge >= 0.3 is 0 Å². The fourth-order valence-corrected chi connectivity index (χ4v) is 2.09. The molecule has 1 fully saturated rings. The predicted octanol–water partition coefficient (Wildman–Crippen LogP) is 1.38. The second-order valence-corrected chi connectivity index (χ2v) is 4.12. The Balaban J connectivity index is 2.15. The van der Waals surface area contributed by atoms with Crippen molar-refractivity contribution in [2.75, 3.05) is 13.7 Å². The lowest BCUT2D eigenvalue weighted by atomic mass is 10.0. The maximum atomic E-state index is 12.2. The van der Waals surface area contributed by atoms with Crippen molar-refractivity contribution in [1.82, 2.24) is 0 Å². The fraction of sp³-hybridized carbons (Fsp3) is 0.462. The topological polar surface area (TPSA) is 61.5 Å². The second kappa shape index (κ2) is 5.29. The first-order valence-corrected chi connectivity index (χ1v) is 5.79. The number of hydrogen-bond acceptors (Lipinski definition) is 4. The quantitative estimate of drug-likeness (QED) is 0.801. The minimum absolute atomic E-state index is 0.0126. The Labute approximate surface area is 101 Å². The van der Waals surface area contributed by atoms with E-state index in [0.717, 1.165) is 12.8 Å². The van der Waals surface area contributed by atoms with Gasteiger partial charge in [-0.1, -0.05) is 12.1 Å². The first-order valence-electron chi connectivity index (χ1n) is 5.79. The molecule has 0 amide bonds. The van der Waals surface area contributed by atoms with Crippen molar-refractivity contribution in [3.05, 3.63) is 29.8 Å². The summed E-state index contributed by atoms with van der Waals surface area (Å²) < 4.78 is 10.8. The van der Waals surface area contributed by atoms with Gasteiger partial charge in [0.15, 0.2) is 5.78 Å². The van der Waals surface area contributed by atoms with Crippen LogP contribution in [0.1, 0.15) is 23.2 Å². The molecule has 1 heterocycles. The molecular formula is C13H17NO3. The molecule has 17 heavy (non-hydrogen) atoms. The zero-order chi connectivity index (χ0) is 12.3. The third-order valence-corrected chi connectivity index (χ3v) is 3.04. The van der Waals surface area contributed by atoms with Gasteiger partial charge in [-0.15, -0.1) is 0 Å². The summed E-state index contributed by atoms with van der Waals surface area (Å²) >= 11 is 0. The standard InChI is InChI=1S/C13H17NO3/c1-16-11-5-3-2-4-10(11)13(15)12-7-6-9(8-14)17-12/h2-5,9,12H,6-8,14H2,1H3. The number of ether oxygens (including phenoxy) is 2. The number of carbonyl (C=O) groups excluding carboxylic acids is 1. The van der Waals surface area contributed by atoms with Crippen molar-refractivity contribution in [3.63, 3.8) is 0 Å². The Hall–Kier alpha value is -1.39. The van der Waals surface area contributed by atoms with Crippen LogP contribution in [-0.2, 0) is 4.74 Å². The van der Waals surface area contributed by atoms with Gasteiger partial charge in [-0.05, 0) is 25.0 Å². The number of nitrogens with two attached hydrogens (primary N) is 1. The van der Waals surface area contributed by atoms with Gasteiger partial charge in [-0.25, -0.2) is 0 Å². The Morgan fingerprint density at radius 2 is 2.24 bits per heavy atom. The lowest BCUT2D eigenvalue weighted by Crippen LogP contribution is -2.25. The van der Waals surface area contributed by atoms with Crippen LogP contribution < -0.4 is 10.5 Å². The number of methoxy groups -OCH3 is 1. The number of carbonyl (C=O) groups is 1. The first-order chi connectivity index (χ1) is 8.26. The van der Waals surface area contributed by atoms with Crippen LogP contribution in [0.4, 0.5) is 0 Å². The van der Waals surface area contributed by atoms with Crippen molar-refractivity contribution in [3.8, 4) is 5.75 Å². The summed E-state index contributed by atoms with van der Waals surface area (Å²) in [4.78, 5) is 12.2. The van der Waals surface area contributed by atoms with Crippen LogP contribution in [0, 0.1) is 0 Å². The van der Waals surface area contributed by atoms with E-state index in [9.17, 15) is 4.79 Å². The highest BCUT2D eigenvalue weighted by Gasteiger charge is 2.31. The van der Waals surface area contributed by atoms with E-state index in [4.69, 9.17) is 15.2 Å². The van der Waals surface area contributed by atoms with Gasteiger partial charge in [0.25, 0.3) is 0 Å². The molecule has 92 valence electrons. The summed E-state index contributed by atoms with van der Waals surface area (Å²) in [6, 6.07) is 7.21. The fourth-order valence-electron chi connectivity index (χ4n) is 2.09. The minimum atomic E-state index is -0.375. The zero-order valence-corrected chi connectivity index (χ0v) is 9.89. The number of Topliss-reactive ketones (excluding diaryl/α,β-unsaturated/α-hetero) is 1. The minimum Gasteiger partial charge on any atom is -0.496 e. The van der Waals surface area contributed by atoms with E-state index in [2.05, 4.69) is 0 Å². The van der Waals surface area contributed by atoms with E-state index in [0.29, 0.717) is 17.9 Å². The van der Waals surface area contributed by atoms with Crippen LogP contribution in [0.3, 0.4) is 0 Å². The van der Waals surface area contributed by atoms with E-state index in [1.54, 1.807) is 19.2 Å². The third-order valence-electron chi connectivity index (χ3n) is 3.04. The highest BCUT2D eigenvalue weighted by molar-refractivity contribution is 6.01. The molecule has 1 saturated heterocycles. The molecule has 1 aromatic carbocycles. The van der Waals surface area contributed by atoms with Crippen molar-refractivity contribution in [2.24, 2.45) is 5.73 Å². The molecule has 1 aromatic rings. The Morgan fingerprint density at radius 3 is 2.88 bits per heavy atom. The molecule has 0 aliphatic carbocycles. The molecule has 0 saturated carbocycles. The van der Waals surface area contributed by atoms with Crippen LogP contribution in [0.2, 0.25) is 0 Å². The smallest absolute Gasteiger partial charge is 0.195 e. The number of hydrogen-bond donors (Lipinski definition) is 1. The van der Waals surface area contributed by atoms with Crippen LogP contribution in [0.5, 0.6) is 5.75 Å². The lowest BCUT2D eigenvalue weighted by molar-refractivity contribution is 0.0402. The molecule has 4 heteroatoms. The van der Waals surface area contributed by atoms with Crippen molar-refractivity contribution in [2.45, 2.75) is 25.0 Å². The van der Waals surface area contributed by atoms with Gasteiger partial charge in [0.05, 0.1) is 18.8 Å². The van der Waals surface area contributed by atoms with Gasteiger partial charge in [0, 0.05) is 6.54 Å². The van der Waals surface area contributed by atoms with E-state index in [1.807, 2.05) is 12.1 Å². The van der Waals surface area contributed by atoms with Crippen molar-refractivity contribution < 1.29 is 14.3 Å². The molecule has 0 bridgehead atoms. The average Bonchev–Trinajstić information content (AvgIpc) is 2.86. The highest BCUT2D eigenvalue weighted by Crippen LogP contribution is 2.26. The average molecular weight is 235 g/mol. The monoisotopic (exact) mass is 235 g/mol. The maximum absolute atomic E-state index is 12.2. The van der Waals surface area contributed by atoms with Gasteiger partial charge in [-0.2, -0.15) is 0 Å². The number of ketones is 1. The SMILES string of the molecule is COc1ccccc1C(=O)C1CCC(CN)O1. The maximum Gasteiger partial charge on any atom is 0.195 e. The van der Waals surface area contributed by atoms with Crippen molar-refractivity contribution >= 4 is 5.78 Å². The van der Waals surface area contributed by atoms with E-state index in [-0.39, 0.29) is 18.0 Å². The Bertz CT molecular complexity index is 405. The molecule has 0 radical (unpaired) electrons. The zero-order valence-electron chi connectivity index (χ0n) is 9.89. The third kappa shape index (κ3) is 2.48. The van der Waals surface area contributed by atoms with Crippen molar-refractivity contribution in [1.29, 1.82) is 0 Å². The number of benzene rings is 1. The van der Waals surface area contributed by atoms with Crippen LogP contribution in [-0.4, -0.2) is 31.6 Å².